The van der Waals surface area contributed by atoms with Gasteiger partial charge < -0.3 is 9.80 Å². The van der Waals surface area contributed by atoms with E-state index in [1.807, 2.05) is 42.1 Å². The molecule has 0 unspecified atom stereocenters. The number of rotatable bonds is 3. The normalized spacial score (nSPS) is 18.8. The van der Waals surface area contributed by atoms with Crippen molar-refractivity contribution < 1.29 is 4.79 Å². The van der Waals surface area contributed by atoms with Gasteiger partial charge in [0.05, 0.1) is 47.3 Å². The van der Waals surface area contributed by atoms with Crippen LogP contribution >= 0.6 is 0 Å². The summed E-state index contributed by atoms with van der Waals surface area (Å²) in [6.07, 6.45) is 6.46. The lowest BCUT2D eigenvalue weighted by Crippen LogP contribution is -2.24. The Morgan fingerprint density at radius 1 is 1.14 bits per heavy atom. The number of anilines is 2. The van der Waals surface area contributed by atoms with E-state index in [1.165, 1.54) is 6.42 Å². The van der Waals surface area contributed by atoms with Gasteiger partial charge in [0, 0.05) is 19.3 Å². The molecule has 2 aliphatic heterocycles. The van der Waals surface area contributed by atoms with Crippen LogP contribution in [0.3, 0.4) is 0 Å². The number of hydrogen-bond acceptors (Lipinski definition) is 5. The number of pyridine rings is 2. The van der Waals surface area contributed by atoms with E-state index in [0.717, 1.165) is 41.7 Å². The highest BCUT2D eigenvalue weighted by Crippen LogP contribution is 2.31. The molecule has 3 aromatic heterocycles. The van der Waals surface area contributed by atoms with Crippen molar-refractivity contribution in [2.75, 3.05) is 22.9 Å². The lowest BCUT2D eigenvalue weighted by atomic mass is 10.2. The molecule has 1 fully saturated rings. The predicted octanol–water partition coefficient (Wildman–Crippen LogP) is 2.98. The van der Waals surface area contributed by atoms with Crippen molar-refractivity contribution in [2.24, 2.45) is 5.92 Å². The van der Waals surface area contributed by atoms with E-state index in [-0.39, 0.29) is 5.91 Å². The van der Waals surface area contributed by atoms with E-state index < -0.39 is 0 Å². The lowest BCUT2D eigenvalue weighted by molar-refractivity contribution is 0.0995. The van der Waals surface area contributed by atoms with Gasteiger partial charge in [0.2, 0.25) is 0 Å². The fraction of sp³-hybridized carbons (Fsp3) is 0.333. The molecule has 0 N–H and O–H groups in total. The van der Waals surface area contributed by atoms with Crippen molar-refractivity contribution in [2.45, 2.75) is 26.8 Å². The minimum atomic E-state index is -0.0256. The first kappa shape index (κ1) is 16.9. The second kappa shape index (κ2) is 6.44. The Morgan fingerprint density at radius 2 is 2.04 bits per heavy atom. The smallest absolute Gasteiger partial charge is 0.262 e. The van der Waals surface area contributed by atoms with Gasteiger partial charge in [-0.1, -0.05) is 6.92 Å². The van der Waals surface area contributed by atoms with Crippen molar-refractivity contribution in [3.05, 3.63) is 59.8 Å². The van der Waals surface area contributed by atoms with Gasteiger partial charge in [-0.3, -0.25) is 9.78 Å². The molecule has 1 atom stereocenters. The molecule has 0 radical (unpaired) electrons. The Morgan fingerprint density at radius 3 is 2.68 bits per heavy atom. The Hall–Kier alpha value is -3.22. The van der Waals surface area contributed by atoms with E-state index in [1.54, 1.807) is 17.3 Å². The number of amides is 1. The van der Waals surface area contributed by atoms with Gasteiger partial charge in [-0.05, 0) is 43.5 Å². The van der Waals surface area contributed by atoms with Crippen molar-refractivity contribution in [3.8, 4) is 5.69 Å². The minimum Gasteiger partial charge on any atom is -0.356 e. The molecule has 0 aliphatic carbocycles. The molecule has 28 heavy (non-hydrogen) atoms. The Kier molecular flexibility index (Phi) is 3.89. The fourth-order valence-electron chi connectivity index (χ4n) is 4.11. The van der Waals surface area contributed by atoms with Gasteiger partial charge in [0.1, 0.15) is 5.82 Å². The molecule has 0 aromatic carbocycles. The van der Waals surface area contributed by atoms with E-state index in [0.29, 0.717) is 18.0 Å². The van der Waals surface area contributed by atoms with Crippen molar-refractivity contribution in [1.29, 1.82) is 0 Å². The molecule has 5 heterocycles. The molecule has 5 rings (SSSR count). The van der Waals surface area contributed by atoms with E-state index in [9.17, 15) is 4.79 Å². The summed E-state index contributed by atoms with van der Waals surface area (Å²) in [6.45, 7) is 6.79. The van der Waals surface area contributed by atoms with Crippen LogP contribution in [-0.4, -0.2) is 38.7 Å². The number of hydrogen-bond donors (Lipinski definition) is 0. The highest BCUT2D eigenvalue weighted by atomic mass is 16.2. The van der Waals surface area contributed by atoms with Crippen LogP contribution in [0.4, 0.5) is 11.5 Å². The van der Waals surface area contributed by atoms with Crippen molar-refractivity contribution in [1.82, 2.24) is 19.7 Å². The zero-order chi connectivity index (χ0) is 19.3. The fourth-order valence-corrected chi connectivity index (χ4v) is 4.11. The quantitative estimate of drug-likeness (QED) is 0.705. The first-order valence-electron chi connectivity index (χ1n) is 9.63. The SMILES string of the molecule is Cc1c2c(nn1-c1ccc(N3CC[C@H](C)C3)nc1)CN(c1cccnc1)C2=O. The summed E-state index contributed by atoms with van der Waals surface area (Å²) in [6, 6.07) is 7.80. The van der Waals surface area contributed by atoms with Gasteiger partial charge in [-0.25, -0.2) is 9.67 Å². The second-order valence-electron chi connectivity index (χ2n) is 7.64. The van der Waals surface area contributed by atoms with Crippen LogP contribution in [0.25, 0.3) is 5.69 Å². The average molecular weight is 374 g/mol. The summed E-state index contributed by atoms with van der Waals surface area (Å²) >= 11 is 0. The second-order valence-corrected chi connectivity index (χ2v) is 7.64. The third kappa shape index (κ3) is 2.66. The summed E-state index contributed by atoms with van der Waals surface area (Å²) in [5.41, 5.74) is 3.99. The molecule has 1 saturated heterocycles. The summed E-state index contributed by atoms with van der Waals surface area (Å²) in [4.78, 5) is 25.7. The maximum atomic E-state index is 12.9. The molecular weight excluding hydrogens is 352 g/mol. The molecule has 0 spiro atoms. The van der Waals surface area contributed by atoms with Gasteiger partial charge in [-0.15, -0.1) is 0 Å². The van der Waals surface area contributed by atoms with Crippen LogP contribution < -0.4 is 9.80 Å². The maximum Gasteiger partial charge on any atom is 0.262 e. The summed E-state index contributed by atoms with van der Waals surface area (Å²) in [5.74, 6) is 1.69. The third-order valence-corrected chi connectivity index (χ3v) is 5.64. The number of aromatic nitrogens is 4. The number of carbonyl (C=O) groups excluding carboxylic acids is 1. The number of fused-ring (bicyclic) bond motifs is 1. The Balaban J connectivity index is 1.42. The van der Waals surface area contributed by atoms with Crippen LogP contribution in [0, 0.1) is 12.8 Å². The largest absolute Gasteiger partial charge is 0.356 e. The summed E-state index contributed by atoms with van der Waals surface area (Å²) < 4.78 is 1.83. The van der Waals surface area contributed by atoms with Gasteiger partial charge in [0.25, 0.3) is 5.91 Å². The maximum absolute atomic E-state index is 12.9. The Bertz CT molecular complexity index is 1030. The molecule has 0 bridgehead atoms. The van der Waals surface area contributed by atoms with Gasteiger partial charge in [-0.2, -0.15) is 5.10 Å². The summed E-state index contributed by atoms with van der Waals surface area (Å²) in [7, 11) is 0. The standard InChI is InChI=1S/C21H22N6O/c1-14-7-9-25(12-14)19-6-5-17(11-23-19)27-15(2)20-18(24-27)13-26(21(20)28)16-4-3-8-22-10-16/h3-6,8,10-11,14H,7,9,12-13H2,1-2H3/t14-/m0/s1. The van der Waals surface area contributed by atoms with Crippen LogP contribution in [0.15, 0.2) is 42.9 Å². The molecule has 142 valence electrons. The van der Waals surface area contributed by atoms with E-state index in [2.05, 4.69) is 21.8 Å². The summed E-state index contributed by atoms with van der Waals surface area (Å²) in [5, 5.41) is 4.71. The van der Waals surface area contributed by atoms with Crippen LogP contribution in [0.1, 0.15) is 35.1 Å². The predicted molar refractivity (Wildman–Crippen MR) is 107 cm³/mol. The monoisotopic (exact) mass is 374 g/mol. The van der Waals surface area contributed by atoms with Crippen molar-refractivity contribution >= 4 is 17.4 Å². The lowest BCUT2D eigenvalue weighted by Gasteiger charge is -2.18. The molecule has 2 aliphatic rings. The van der Waals surface area contributed by atoms with Crippen LogP contribution in [0.5, 0.6) is 0 Å². The van der Waals surface area contributed by atoms with E-state index >= 15 is 0 Å². The van der Waals surface area contributed by atoms with E-state index in [4.69, 9.17) is 5.10 Å². The minimum absolute atomic E-state index is 0.0256. The number of carbonyl (C=O) groups is 1. The zero-order valence-electron chi connectivity index (χ0n) is 16.0. The molecule has 1 amide bonds. The zero-order valence-corrected chi connectivity index (χ0v) is 16.0. The first-order valence-corrected chi connectivity index (χ1v) is 9.63. The average Bonchev–Trinajstić information content (AvgIpc) is 3.39. The third-order valence-electron chi connectivity index (χ3n) is 5.64. The van der Waals surface area contributed by atoms with Crippen molar-refractivity contribution in [3.63, 3.8) is 0 Å². The number of nitrogens with zero attached hydrogens (tertiary/aromatic N) is 6. The Labute approximate surface area is 163 Å². The van der Waals surface area contributed by atoms with Gasteiger partial charge in [0.15, 0.2) is 0 Å². The van der Waals surface area contributed by atoms with Crippen LogP contribution in [-0.2, 0) is 6.54 Å². The molecule has 7 heteroatoms. The van der Waals surface area contributed by atoms with Gasteiger partial charge >= 0.3 is 0 Å². The molecule has 7 nitrogen and oxygen atoms in total. The molecular formula is C21H22N6O. The first-order chi connectivity index (χ1) is 13.6. The molecule has 0 saturated carbocycles. The molecule has 3 aromatic rings. The van der Waals surface area contributed by atoms with Crippen LogP contribution in [0.2, 0.25) is 0 Å². The highest BCUT2D eigenvalue weighted by Gasteiger charge is 2.34. The highest BCUT2D eigenvalue weighted by molar-refractivity contribution is 6.10. The topological polar surface area (TPSA) is 67.2 Å².